The molecule has 0 amide bonds. The van der Waals surface area contributed by atoms with E-state index in [4.69, 9.17) is 18.9 Å². The van der Waals surface area contributed by atoms with Gasteiger partial charge in [-0.15, -0.1) is 0 Å². The Kier molecular flexibility index (Phi) is 5.81. The van der Waals surface area contributed by atoms with Gasteiger partial charge in [0.1, 0.15) is 11.5 Å². The third kappa shape index (κ3) is 3.86. The average molecular weight is 399 g/mol. The molecule has 29 heavy (non-hydrogen) atoms. The smallest absolute Gasteiger partial charge is 0.231 e. The monoisotopic (exact) mass is 399 g/mol. The maximum atomic E-state index is 12.9. The van der Waals surface area contributed by atoms with Crippen LogP contribution in [0.2, 0.25) is 0 Å². The summed E-state index contributed by atoms with van der Waals surface area (Å²) in [5.74, 6) is 3.26. The van der Waals surface area contributed by atoms with Crippen molar-refractivity contribution in [2.45, 2.75) is 44.6 Å². The van der Waals surface area contributed by atoms with Crippen LogP contribution in [0.5, 0.6) is 17.2 Å². The molecule has 0 spiro atoms. The third-order valence-corrected chi connectivity index (χ3v) is 6.06. The lowest BCUT2D eigenvalue weighted by atomic mass is 9.87. The van der Waals surface area contributed by atoms with E-state index in [1.165, 1.54) is 5.56 Å². The molecule has 0 N–H and O–H groups in total. The fourth-order valence-corrected chi connectivity index (χ4v) is 4.52. The van der Waals surface area contributed by atoms with E-state index >= 15 is 0 Å². The van der Waals surface area contributed by atoms with Crippen molar-refractivity contribution < 1.29 is 23.7 Å². The predicted molar refractivity (Wildman–Crippen MR) is 109 cm³/mol. The largest absolute Gasteiger partial charge is 0.497 e. The summed E-state index contributed by atoms with van der Waals surface area (Å²) in [5.41, 5.74) is 3.39. The van der Waals surface area contributed by atoms with Crippen LogP contribution in [-0.4, -0.2) is 45.3 Å². The van der Waals surface area contributed by atoms with Gasteiger partial charge in [-0.05, 0) is 56.0 Å². The Hall–Kier alpha value is -2.47. The van der Waals surface area contributed by atoms with E-state index in [2.05, 4.69) is 24.1 Å². The first-order chi connectivity index (χ1) is 14.1. The van der Waals surface area contributed by atoms with Crippen LogP contribution in [0.25, 0.3) is 0 Å². The molecule has 156 valence electrons. The number of ketones is 1. The first-order valence-electron chi connectivity index (χ1n) is 10.3. The first kappa shape index (κ1) is 19.8. The number of rotatable bonds is 7. The molecule has 0 radical (unpaired) electrons. The minimum Gasteiger partial charge on any atom is -0.497 e. The number of likely N-dealkylation sites (N-methyl/N-ethyl adjacent to an activating group) is 1. The number of methoxy groups -OCH3 is 2. The number of carbonyl (C=O) groups is 1. The van der Waals surface area contributed by atoms with E-state index in [1.807, 2.05) is 6.07 Å². The van der Waals surface area contributed by atoms with Crippen molar-refractivity contribution in [3.8, 4) is 17.2 Å². The summed E-state index contributed by atoms with van der Waals surface area (Å²) in [6, 6.07) is 2.03. The first-order valence-corrected chi connectivity index (χ1v) is 10.3. The van der Waals surface area contributed by atoms with Crippen molar-refractivity contribution in [3.05, 3.63) is 40.7 Å². The molecule has 1 unspecified atom stereocenters. The van der Waals surface area contributed by atoms with Gasteiger partial charge in [0.15, 0.2) is 11.5 Å². The minimum absolute atomic E-state index is 0.0199. The van der Waals surface area contributed by atoms with E-state index in [-0.39, 0.29) is 18.6 Å². The lowest BCUT2D eigenvalue weighted by molar-refractivity contribution is -0.120. The number of hydrogen-bond donors (Lipinski definition) is 0. The number of ether oxygens (including phenoxy) is 4. The van der Waals surface area contributed by atoms with Crippen LogP contribution >= 0.6 is 0 Å². The van der Waals surface area contributed by atoms with Gasteiger partial charge < -0.3 is 18.9 Å². The molecule has 0 saturated carbocycles. The van der Waals surface area contributed by atoms with Gasteiger partial charge in [0, 0.05) is 31.0 Å². The molecule has 4 rings (SSSR count). The summed E-state index contributed by atoms with van der Waals surface area (Å²) >= 11 is 0. The lowest BCUT2D eigenvalue weighted by Gasteiger charge is -2.35. The predicted octanol–water partition coefficient (Wildman–Crippen LogP) is 3.94. The second-order valence-corrected chi connectivity index (χ2v) is 7.78. The summed E-state index contributed by atoms with van der Waals surface area (Å²) < 4.78 is 22.4. The Bertz CT molecular complexity index is 857. The molecule has 0 aromatic heterocycles. The van der Waals surface area contributed by atoms with E-state index in [0.717, 1.165) is 54.9 Å². The van der Waals surface area contributed by atoms with Gasteiger partial charge in [0.25, 0.3) is 0 Å². The second-order valence-electron chi connectivity index (χ2n) is 7.78. The molecule has 2 heterocycles. The Morgan fingerprint density at radius 3 is 2.83 bits per heavy atom. The highest BCUT2D eigenvalue weighted by Crippen LogP contribution is 2.50. The molecule has 6 nitrogen and oxygen atoms in total. The highest BCUT2D eigenvalue weighted by molar-refractivity contribution is 5.80. The Morgan fingerprint density at radius 2 is 2.03 bits per heavy atom. The topological polar surface area (TPSA) is 57.2 Å². The van der Waals surface area contributed by atoms with Crippen LogP contribution in [0, 0.1) is 0 Å². The van der Waals surface area contributed by atoms with E-state index in [0.29, 0.717) is 24.3 Å². The van der Waals surface area contributed by atoms with Crippen LogP contribution in [0.4, 0.5) is 0 Å². The number of hydrogen-bond acceptors (Lipinski definition) is 6. The summed E-state index contributed by atoms with van der Waals surface area (Å²) in [6.07, 6.45) is 8.91. The fourth-order valence-electron chi connectivity index (χ4n) is 4.52. The zero-order valence-electron chi connectivity index (χ0n) is 17.5. The van der Waals surface area contributed by atoms with Crippen molar-refractivity contribution in [2.75, 3.05) is 34.6 Å². The van der Waals surface area contributed by atoms with Crippen molar-refractivity contribution >= 4 is 5.78 Å². The number of Topliss-reactive ketones (excluding diaryl/α,β-unsaturated/α-hetero) is 1. The van der Waals surface area contributed by atoms with Crippen LogP contribution in [0.1, 0.15) is 49.3 Å². The zero-order chi connectivity index (χ0) is 20.4. The van der Waals surface area contributed by atoms with E-state index in [9.17, 15) is 4.79 Å². The second kappa shape index (κ2) is 8.49. The lowest BCUT2D eigenvalue weighted by Crippen LogP contribution is -2.34. The van der Waals surface area contributed by atoms with E-state index in [1.54, 1.807) is 14.2 Å². The third-order valence-electron chi connectivity index (χ3n) is 6.06. The Morgan fingerprint density at radius 1 is 1.21 bits per heavy atom. The van der Waals surface area contributed by atoms with Gasteiger partial charge in [0.05, 0.1) is 14.2 Å². The quantitative estimate of drug-likeness (QED) is 0.692. The fraction of sp³-hybridized carbons (Fsp3) is 0.522. The molecule has 1 atom stereocenters. The molecule has 1 aromatic carbocycles. The van der Waals surface area contributed by atoms with Gasteiger partial charge in [-0.2, -0.15) is 0 Å². The van der Waals surface area contributed by atoms with Crippen molar-refractivity contribution in [1.82, 2.24) is 4.90 Å². The highest BCUT2D eigenvalue weighted by Gasteiger charge is 2.34. The molecular weight excluding hydrogens is 370 g/mol. The maximum absolute atomic E-state index is 12.9. The highest BCUT2D eigenvalue weighted by atomic mass is 16.7. The molecule has 0 fully saturated rings. The maximum Gasteiger partial charge on any atom is 0.231 e. The average Bonchev–Trinajstić information content (AvgIpc) is 3.21. The molecule has 2 aliphatic heterocycles. The minimum atomic E-state index is -0.0199. The normalized spacial score (nSPS) is 20.6. The molecule has 6 heteroatoms. The number of carbonyl (C=O) groups excluding carboxylic acids is 1. The van der Waals surface area contributed by atoms with Gasteiger partial charge in [-0.1, -0.05) is 6.08 Å². The number of allylic oxidation sites excluding steroid dienone is 3. The van der Waals surface area contributed by atoms with Gasteiger partial charge in [-0.3, -0.25) is 9.69 Å². The Labute approximate surface area is 172 Å². The van der Waals surface area contributed by atoms with Gasteiger partial charge >= 0.3 is 0 Å². The zero-order valence-corrected chi connectivity index (χ0v) is 17.5. The Balaban J connectivity index is 1.51. The number of nitrogens with zero attached hydrogens (tertiary/aromatic N) is 1. The van der Waals surface area contributed by atoms with Crippen LogP contribution in [-0.2, 0) is 16.0 Å². The van der Waals surface area contributed by atoms with E-state index < -0.39 is 0 Å². The molecular formula is C23H29NO5. The molecule has 0 saturated heterocycles. The number of fused-ring (bicyclic) bond motifs is 2. The number of benzene rings is 1. The summed E-state index contributed by atoms with van der Waals surface area (Å²) in [6.45, 7) is 1.11. The van der Waals surface area contributed by atoms with Crippen molar-refractivity contribution in [1.29, 1.82) is 0 Å². The standard InChI is InChI=1S/C23H29NO5/c1-24-11-10-16-12-20-22(29-14-28-20)23(27-3)21(16)18(24)13-17(25)9-8-15-6-4-5-7-19(15)26-2/h6-7,12,18H,4-5,8-11,13-14H2,1-3H3. The van der Waals surface area contributed by atoms with Crippen LogP contribution < -0.4 is 14.2 Å². The van der Waals surface area contributed by atoms with Crippen molar-refractivity contribution in [3.63, 3.8) is 0 Å². The summed E-state index contributed by atoms with van der Waals surface area (Å²) in [5, 5.41) is 0. The molecule has 0 bridgehead atoms. The molecule has 1 aromatic rings. The van der Waals surface area contributed by atoms with Gasteiger partial charge in [0.2, 0.25) is 12.5 Å². The SMILES string of the molecule is COC1=CCCC=C1CCC(=O)CC1c2c(cc3c(c2OC)OCO3)CCN1C. The molecule has 1 aliphatic carbocycles. The van der Waals surface area contributed by atoms with Crippen LogP contribution in [0.3, 0.4) is 0 Å². The summed E-state index contributed by atoms with van der Waals surface area (Å²) in [4.78, 5) is 15.2. The summed E-state index contributed by atoms with van der Waals surface area (Å²) in [7, 11) is 5.41. The van der Waals surface area contributed by atoms with Gasteiger partial charge in [-0.25, -0.2) is 0 Å². The molecule has 3 aliphatic rings. The van der Waals surface area contributed by atoms with Crippen molar-refractivity contribution in [2.24, 2.45) is 0 Å². The van der Waals surface area contributed by atoms with Crippen LogP contribution in [0.15, 0.2) is 29.6 Å².